The molecule has 0 amide bonds. The molecule has 0 radical (unpaired) electrons. The second-order valence-corrected chi connectivity index (χ2v) is 4.10. The van der Waals surface area contributed by atoms with Crippen molar-refractivity contribution < 1.29 is 0 Å². The molecule has 2 rings (SSSR count). The maximum Gasteiger partial charge on any atom is 0.229 e. The minimum atomic E-state index is 0.154. The SMILES string of the molecule is CNc1nc(Cl)nc(NCc2nccs2)n1. The molecule has 2 aromatic heterocycles. The summed E-state index contributed by atoms with van der Waals surface area (Å²) in [5, 5.41) is 8.85. The van der Waals surface area contributed by atoms with Gasteiger partial charge in [0.2, 0.25) is 17.2 Å². The van der Waals surface area contributed by atoms with E-state index in [0.29, 0.717) is 18.4 Å². The lowest BCUT2D eigenvalue weighted by Gasteiger charge is -2.04. The van der Waals surface area contributed by atoms with E-state index in [1.165, 1.54) is 0 Å². The molecule has 0 saturated carbocycles. The summed E-state index contributed by atoms with van der Waals surface area (Å²) >= 11 is 7.30. The second kappa shape index (κ2) is 5.04. The number of aromatic nitrogens is 4. The van der Waals surface area contributed by atoms with Crippen molar-refractivity contribution in [1.29, 1.82) is 0 Å². The van der Waals surface area contributed by atoms with E-state index < -0.39 is 0 Å². The summed E-state index contributed by atoms with van der Waals surface area (Å²) in [5.74, 6) is 0.862. The van der Waals surface area contributed by atoms with Crippen LogP contribution in [-0.4, -0.2) is 27.0 Å². The average Bonchev–Trinajstić information content (AvgIpc) is 2.78. The number of rotatable bonds is 4. The normalized spacial score (nSPS) is 10.1. The topological polar surface area (TPSA) is 75.6 Å². The van der Waals surface area contributed by atoms with E-state index in [4.69, 9.17) is 11.6 Å². The lowest BCUT2D eigenvalue weighted by Crippen LogP contribution is -2.07. The fourth-order valence-corrected chi connectivity index (χ4v) is 1.75. The predicted molar refractivity (Wildman–Crippen MR) is 63.8 cm³/mol. The van der Waals surface area contributed by atoms with Gasteiger partial charge in [-0.05, 0) is 11.6 Å². The van der Waals surface area contributed by atoms with Gasteiger partial charge in [0.05, 0.1) is 6.54 Å². The Hall–Kier alpha value is -1.47. The number of hydrogen-bond donors (Lipinski definition) is 2. The Kier molecular flexibility index (Phi) is 3.47. The van der Waals surface area contributed by atoms with Crippen LogP contribution in [-0.2, 0) is 6.54 Å². The molecule has 0 bridgehead atoms. The van der Waals surface area contributed by atoms with Gasteiger partial charge in [0.1, 0.15) is 5.01 Å². The van der Waals surface area contributed by atoms with Crippen molar-refractivity contribution in [3.8, 4) is 0 Å². The van der Waals surface area contributed by atoms with E-state index >= 15 is 0 Å². The molecule has 2 heterocycles. The number of anilines is 2. The molecule has 2 aromatic rings. The first-order valence-corrected chi connectivity index (χ1v) is 5.75. The molecule has 0 aliphatic rings. The maximum absolute atomic E-state index is 5.73. The van der Waals surface area contributed by atoms with Gasteiger partial charge in [0.25, 0.3) is 0 Å². The Morgan fingerprint density at radius 2 is 2.12 bits per heavy atom. The van der Waals surface area contributed by atoms with E-state index in [1.54, 1.807) is 24.6 Å². The number of nitrogens with one attached hydrogen (secondary N) is 2. The molecule has 0 aliphatic heterocycles. The van der Waals surface area contributed by atoms with Crippen LogP contribution in [0.5, 0.6) is 0 Å². The molecule has 0 unspecified atom stereocenters. The zero-order valence-corrected chi connectivity index (χ0v) is 10.0. The predicted octanol–water partition coefficient (Wildman–Crippen LogP) is 1.64. The van der Waals surface area contributed by atoms with Crippen molar-refractivity contribution >= 4 is 34.8 Å². The summed E-state index contributed by atoms with van der Waals surface area (Å²) in [4.78, 5) is 16.1. The first-order valence-electron chi connectivity index (χ1n) is 4.49. The van der Waals surface area contributed by atoms with Gasteiger partial charge in [-0.3, -0.25) is 0 Å². The molecule has 0 aliphatic carbocycles. The van der Waals surface area contributed by atoms with Crippen molar-refractivity contribution in [2.45, 2.75) is 6.54 Å². The fourth-order valence-electron chi connectivity index (χ4n) is 1.04. The highest BCUT2D eigenvalue weighted by Gasteiger charge is 2.03. The van der Waals surface area contributed by atoms with E-state index in [0.717, 1.165) is 5.01 Å². The van der Waals surface area contributed by atoms with Gasteiger partial charge < -0.3 is 10.6 Å². The minimum absolute atomic E-state index is 0.154. The summed E-state index contributed by atoms with van der Waals surface area (Å²) in [6.07, 6.45) is 1.75. The smallest absolute Gasteiger partial charge is 0.229 e. The Labute approximate surface area is 101 Å². The summed E-state index contributed by atoms with van der Waals surface area (Å²) in [5.41, 5.74) is 0. The van der Waals surface area contributed by atoms with E-state index in [9.17, 15) is 0 Å². The van der Waals surface area contributed by atoms with Crippen LogP contribution in [0.3, 0.4) is 0 Å². The molecule has 84 valence electrons. The van der Waals surface area contributed by atoms with Crippen molar-refractivity contribution in [3.63, 3.8) is 0 Å². The molecule has 2 N–H and O–H groups in total. The molecule has 8 heteroatoms. The van der Waals surface area contributed by atoms with Gasteiger partial charge in [-0.1, -0.05) is 0 Å². The summed E-state index contributed by atoms with van der Waals surface area (Å²) in [6.45, 7) is 0.571. The Morgan fingerprint density at radius 3 is 2.81 bits per heavy atom. The monoisotopic (exact) mass is 256 g/mol. The van der Waals surface area contributed by atoms with E-state index in [-0.39, 0.29) is 5.28 Å². The molecule has 0 aromatic carbocycles. The van der Waals surface area contributed by atoms with Crippen LogP contribution in [0.4, 0.5) is 11.9 Å². The van der Waals surface area contributed by atoms with Gasteiger partial charge in [-0.15, -0.1) is 11.3 Å². The third kappa shape index (κ3) is 2.77. The highest BCUT2D eigenvalue weighted by atomic mass is 35.5. The number of hydrogen-bond acceptors (Lipinski definition) is 7. The third-order valence-corrected chi connectivity index (χ3v) is 2.66. The van der Waals surface area contributed by atoms with Crippen molar-refractivity contribution in [3.05, 3.63) is 21.9 Å². The van der Waals surface area contributed by atoms with Crippen LogP contribution in [0.2, 0.25) is 5.28 Å². The van der Waals surface area contributed by atoms with Crippen LogP contribution < -0.4 is 10.6 Å². The molecule has 6 nitrogen and oxygen atoms in total. The summed E-state index contributed by atoms with van der Waals surface area (Å²) in [6, 6.07) is 0. The Morgan fingerprint density at radius 1 is 1.31 bits per heavy atom. The van der Waals surface area contributed by atoms with Crippen molar-refractivity contribution in [2.24, 2.45) is 0 Å². The molecular formula is C8H9ClN6S. The first-order chi connectivity index (χ1) is 7.78. The van der Waals surface area contributed by atoms with Crippen LogP contribution in [0.15, 0.2) is 11.6 Å². The molecule has 0 fully saturated rings. The molecule has 0 saturated heterocycles. The maximum atomic E-state index is 5.73. The summed E-state index contributed by atoms with van der Waals surface area (Å²) in [7, 11) is 1.72. The standard InChI is InChI=1S/C8H9ClN6S/c1-10-7-13-6(9)14-8(15-7)12-4-5-11-2-3-16-5/h2-3H,4H2,1H3,(H2,10,12,13,14,15). The lowest BCUT2D eigenvalue weighted by atomic mass is 10.6. The second-order valence-electron chi connectivity index (χ2n) is 2.78. The lowest BCUT2D eigenvalue weighted by molar-refractivity contribution is 0.994. The third-order valence-electron chi connectivity index (χ3n) is 1.71. The quantitative estimate of drug-likeness (QED) is 0.866. The number of nitrogens with zero attached hydrogens (tertiary/aromatic N) is 4. The average molecular weight is 257 g/mol. The summed E-state index contributed by atoms with van der Waals surface area (Å²) < 4.78 is 0. The van der Waals surface area contributed by atoms with Crippen molar-refractivity contribution in [2.75, 3.05) is 17.7 Å². The Balaban J connectivity index is 2.06. The molecular weight excluding hydrogens is 248 g/mol. The van der Waals surface area contributed by atoms with Gasteiger partial charge in [0.15, 0.2) is 0 Å². The zero-order valence-electron chi connectivity index (χ0n) is 8.44. The van der Waals surface area contributed by atoms with Crippen LogP contribution >= 0.6 is 22.9 Å². The Bertz CT molecular complexity index is 460. The van der Waals surface area contributed by atoms with E-state index in [1.807, 2.05) is 5.38 Å². The molecule has 0 atom stereocenters. The first kappa shape index (κ1) is 11.0. The van der Waals surface area contributed by atoms with E-state index in [2.05, 4.69) is 30.6 Å². The van der Waals surface area contributed by atoms with Crippen LogP contribution in [0.1, 0.15) is 5.01 Å². The van der Waals surface area contributed by atoms with Gasteiger partial charge in [-0.25, -0.2) is 4.98 Å². The van der Waals surface area contributed by atoms with Gasteiger partial charge in [0, 0.05) is 18.6 Å². The van der Waals surface area contributed by atoms with Crippen molar-refractivity contribution in [1.82, 2.24) is 19.9 Å². The zero-order chi connectivity index (χ0) is 11.4. The molecule has 0 spiro atoms. The minimum Gasteiger partial charge on any atom is -0.357 e. The molecule has 16 heavy (non-hydrogen) atoms. The van der Waals surface area contributed by atoms with Crippen LogP contribution in [0.25, 0.3) is 0 Å². The van der Waals surface area contributed by atoms with Gasteiger partial charge >= 0.3 is 0 Å². The fraction of sp³-hybridized carbons (Fsp3) is 0.250. The number of halogens is 1. The highest BCUT2D eigenvalue weighted by Crippen LogP contribution is 2.11. The highest BCUT2D eigenvalue weighted by molar-refractivity contribution is 7.09. The van der Waals surface area contributed by atoms with Crippen LogP contribution in [0, 0.1) is 0 Å². The largest absolute Gasteiger partial charge is 0.357 e. The van der Waals surface area contributed by atoms with Gasteiger partial charge in [-0.2, -0.15) is 15.0 Å². The number of thiazole rings is 1.